The van der Waals surface area contributed by atoms with Crippen LogP contribution >= 0.6 is 0 Å². The summed E-state index contributed by atoms with van der Waals surface area (Å²) in [6, 6.07) is 6.83. The predicted octanol–water partition coefficient (Wildman–Crippen LogP) is 1.20. The third-order valence-electron chi connectivity index (χ3n) is 3.54. The standard InChI is InChI=1S/C15H20N2O3/c1-2-8-16-13(18)10-17-9-7-11-5-3-4-6-12(11)14(17)15(19)20/h3-6,14H,2,7-10H2,1H3,(H,16,18)(H,19,20). The zero-order valence-corrected chi connectivity index (χ0v) is 11.6. The number of carbonyl (C=O) groups is 2. The van der Waals surface area contributed by atoms with E-state index in [0.717, 1.165) is 24.0 Å². The van der Waals surface area contributed by atoms with Crippen molar-refractivity contribution in [3.8, 4) is 0 Å². The second-order valence-electron chi connectivity index (χ2n) is 5.01. The average Bonchev–Trinajstić information content (AvgIpc) is 2.44. The second-order valence-corrected chi connectivity index (χ2v) is 5.01. The Morgan fingerprint density at radius 3 is 2.85 bits per heavy atom. The van der Waals surface area contributed by atoms with Gasteiger partial charge in [0.1, 0.15) is 6.04 Å². The molecule has 1 unspecified atom stereocenters. The SMILES string of the molecule is CCCNC(=O)CN1CCc2ccccc2C1C(=O)O. The Morgan fingerprint density at radius 1 is 1.40 bits per heavy atom. The third-order valence-corrected chi connectivity index (χ3v) is 3.54. The Bertz CT molecular complexity index is 502. The highest BCUT2D eigenvalue weighted by Crippen LogP contribution is 2.29. The molecule has 0 saturated carbocycles. The number of carboxylic acids is 1. The second kappa shape index (κ2) is 6.52. The Morgan fingerprint density at radius 2 is 2.15 bits per heavy atom. The number of amides is 1. The molecule has 0 radical (unpaired) electrons. The molecule has 2 N–H and O–H groups in total. The molecule has 0 saturated heterocycles. The quantitative estimate of drug-likeness (QED) is 0.847. The Labute approximate surface area is 118 Å². The van der Waals surface area contributed by atoms with Gasteiger partial charge in [0.25, 0.3) is 0 Å². The van der Waals surface area contributed by atoms with E-state index < -0.39 is 12.0 Å². The van der Waals surface area contributed by atoms with Crippen LogP contribution in [0.3, 0.4) is 0 Å². The van der Waals surface area contributed by atoms with Crippen LogP contribution in [0, 0.1) is 0 Å². The summed E-state index contributed by atoms with van der Waals surface area (Å²) in [7, 11) is 0. The van der Waals surface area contributed by atoms with Crippen molar-refractivity contribution in [2.75, 3.05) is 19.6 Å². The summed E-state index contributed by atoms with van der Waals surface area (Å²) in [6.07, 6.45) is 1.65. The van der Waals surface area contributed by atoms with Gasteiger partial charge in [0.15, 0.2) is 0 Å². The van der Waals surface area contributed by atoms with Crippen molar-refractivity contribution >= 4 is 11.9 Å². The molecule has 1 aromatic rings. The van der Waals surface area contributed by atoms with Gasteiger partial charge in [-0.1, -0.05) is 31.2 Å². The molecule has 1 aliphatic rings. The summed E-state index contributed by atoms with van der Waals surface area (Å²) in [4.78, 5) is 25.1. The van der Waals surface area contributed by atoms with Crippen molar-refractivity contribution in [3.63, 3.8) is 0 Å². The molecule has 1 heterocycles. The van der Waals surface area contributed by atoms with Crippen molar-refractivity contribution in [1.82, 2.24) is 10.2 Å². The molecule has 20 heavy (non-hydrogen) atoms. The first-order chi connectivity index (χ1) is 9.63. The predicted molar refractivity (Wildman–Crippen MR) is 75.4 cm³/mol. The molecular weight excluding hydrogens is 256 g/mol. The van der Waals surface area contributed by atoms with Crippen LogP contribution in [0.5, 0.6) is 0 Å². The monoisotopic (exact) mass is 276 g/mol. The summed E-state index contributed by atoms with van der Waals surface area (Å²) in [5.41, 5.74) is 1.86. The summed E-state index contributed by atoms with van der Waals surface area (Å²) >= 11 is 0. The molecule has 1 aliphatic heterocycles. The summed E-state index contributed by atoms with van der Waals surface area (Å²) in [5, 5.41) is 12.3. The van der Waals surface area contributed by atoms with Gasteiger partial charge in [-0.3, -0.25) is 14.5 Å². The molecule has 5 heteroatoms. The van der Waals surface area contributed by atoms with Crippen LogP contribution in [0.15, 0.2) is 24.3 Å². The number of fused-ring (bicyclic) bond motifs is 1. The van der Waals surface area contributed by atoms with E-state index in [4.69, 9.17) is 0 Å². The molecule has 0 spiro atoms. The number of rotatable bonds is 5. The number of carboxylic acid groups (broad SMARTS) is 1. The molecule has 2 rings (SSSR count). The molecule has 1 atom stereocenters. The van der Waals surface area contributed by atoms with Gasteiger partial charge < -0.3 is 10.4 Å². The van der Waals surface area contributed by atoms with Crippen LogP contribution in [0.25, 0.3) is 0 Å². The zero-order chi connectivity index (χ0) is 14.5. The summed E-state index contributed by atoms with van der Waals surface area (Å²) in [6.45, 7) is 3.33. The van der Waals surface area contributed by atoms with Crippen molar-refractivity contribution in [2.45, 2.75) is 25.8 Å². The highest BCUT2D eigenvalue weighted by Gasteiger charge is 2.33. The zero-order valence-electron chi connectivity index (χ0n) is 11.6. The van der Waals surface area contributed by atoms with E-state index in [0.29, 0.717) is 13.1 Å². The van der Waals surface area contributed by atoms with Crippen molar-refractivity contribution < 1.29 is 14.7 Å². The van der Waals surface area contributed by atoms with E-state index in [1.807, 2.05) is 31.2 Å². The van der Waals surface area contributed by atoms with Gasteiger partial charge in [0.05, 0.1) is 6.54 Å². The maximum atomic E-state index is 11.8. The molecule has 0 aromatic heterocycles. The number of carbonyl (C=O) groups excluding carboxylic acids is 1. The normalized spacial score (nSPS) is 18.4. The maximum absolute atomic E-state index is 11.8. The van der Waals surface area contributed by atoms with Gasteiger partial charge in [-0.05, 0) is 24.0 Å². The van der Waals surface area contributed by atoms with E-state index in [2.05, 4.69) is 5.32 Å². The minimum Gasteiger partial charge on any atom is -0.480 e. The Kier molecular flexibility index (Phi) is 4.74. The molecular formula is C15H20N2O3. The first-order valence-electron chi connectivity index (χ1n) is 6.94. The van der Waals surface area contributed by atoms with Gasteiger partial charge in [0.2, 0.25) is 5.91 Å². The smallest absolute Gasteiger partial charge is 0.325 e. The molecule has 5 nitrogen and oxygen atoms in total. The van der Waals surface area contributed by atoms with Crippen LogP contribution in [0.4, 0.5) is 0 Å². The molecule has 0 aliphatic carbocycles. The van der Waals surface area contributed by atoms with E-state index in [1.54, 1.807) is 4.90 Å². The van der Waals surface area contributed by atoms with Crippen molar-refractivity contribution in [2.24, 2.45) is 0 Å². The lowest BCUT2D eigenvalue weighted by Crippen LogP contribution is -2.45. The van der Waals surface area contributed by atoms with Crippen LogP contribution in [0.2, 0.25) is 0 Å². The van der Waals surface area contributed by atoms with Crippen molar-refractivity contribution in [3.05, 3.63) is 35.4 Å². The summed E-state index contributed by atoms with van der Waals surface area (Å²) in [5.74, 6) is -1.02. The first-order valence-corrected chi connectivity index (χ1v) is 6.94. The fraction of sp³-hybridized carbons (Fsp3) is 0.467. The maximum Gasteiger partial charge on any atom is 0.325 e. The van der Waals surface area contributed by atoms with Crippen molar-refractivity contribution in [1.29, 1.82) is 0 Å². The van der Waals surface area contributed by atoms with Crippen LogP contribution in [-0.2, 0) is 16.0 Å². The van der Waals surface area contributed by atoms with Crippen LogP contribution in [0.1, 0.15) is 30.5 Å². The number of nitrogens with zero attached hydrogens (tertiary/aromatic N) is 1. The Balaban J connectivity index is 2.14. The fourth-order valence-corrected chi connectivity index (χ4v) is 2.58. The number of aliphatic carboxylic acids is 1. The topological polar surface area (TPSA) is 69.6 Å². The van der Waals surface area contributed by atoms with Gasteiger partial charge in [-0.25, -0.2) is 0 Å². The Hall–Kier alpha value is -1.88. The average molecular weight is 276 g/mol. The van der Waals surface area contributed by atoms with Gasteiger partial charge in [0, 0.05) is 13.1 Å². The van der Waals surface area contributed by atoms with E-state index in [1.165, 1.54) is 0 Å². The van der Waals surface area contributed by atoms with E-state index in [9.17, 15) is 14.7 Å². The number of hydrogen-bond donors (Lipinski definition) is 2. The highest BCUT2D eigenvalue weighted by molar-refractivity contribution is 5.81. The number of nitrogens with one attached hydrogen (secondary N) is 1. The van der Waals surface area contributed by atoms with Gasteiger partial charge in [-0.2, -0.15) is 0 Å². The molecule has 0 fully saturated rings. The van der Waals surface area contributed by atoms with Crippen LogP contribution in [-0.4, -0.2) is 41.5 Å². The molecule has 108 valence electrons. The van der Waals surface area contributed by atoms with Gasteiger partial charge >= 0.3 is 5.97 Å². The van der Waals surface area contributed by atoms with E-state index in [-0.39, 0.29) is 12.5 Å². The number of hydrogen-bond acceptors (Lipinski definition) is 3. The third kappa shape index (κ3) is 3.17. The lowest BCUT2D eigenvalue weighted by molar-refractivity contribution is -0.144. The largest absolute Gasteiger partial charge is 0.480 e. The van der Waals surface area contributed by atoms with E-state index >= 15 is 0 Å². The highest BCUT2D eigenvalue weighted by atomic mass is 16.4. The molecule has 1 aromatic carbocycles. The lowest BCUT2D eigenvalue weighted by atomic mass is 9.92. The summed E-state index contributed by atoms with van der Waals surface area (Å²) < 4.78 is 0. The van der Waals surface area contributed by atoms with Crippen LogP contribution < -0.4 is 5.32 Å². The first kappa shape index (κ1) is 14.5. The van der Waals surface area contributed by atoms with Gasteiger partial charge in [-0.15, -0.1) is 0 Å². The molecule has 0 bridgehead atoms. The molecule has 1 amide bonds. The minimum absolute atomic E-state index is 0.113. The number of benzene rings is 1. The fourth-order valence-electron chi connectivity index (χ4n) is 2.58. The minimum atomic E-state index is -0.902. The lowest BCUT2D eigenvalue weighted by Gasteiger charge is -2.34.